The van der Waals surface area contributed by atoms with Crippen LogP contribution in [0.3, 0.4) is 0 Å². The number of allylic oxidation sites excluding steroid dienone is 2. The van der Waals surface area contributed by atoms with Crippen molar-refractivity contribution in [2.75, 3.05) is 6.54 Å². The van der Waals surface area contributed by atoms with E-state index >= 15 is 0 Å². The monoisotopic (exact) mass is 491 g/mol. The number of hydrogen-bond donors (Lipinski definition) is 0. The molecule has 0 fully saturated rings. The molecule has 1 amide bonds. The second-order valence-corrected chi connectivity index (χ2v) is 9.96. The van der Waals surface area contributed by atoms with Crippen molar-refractivity contribution in [2.45, 2.75) is 59.7 Å². The van der Waals surface area contributed by atoms with Gasteiger partial charge in [0.05, 0.1) is 11.2 Å². The number of amides is 1. The van der Waals surface area contributed by atoms with Crippen LogP contribution in [-0.4, -0.2) is 44.6 Å². The van der Waals surface area contributed by atoms with E-state index < -0.39 is 17.3 Å². The number of ether oxygens (including phenoxy) is 2. The third-order valence-electron chi connectivity index (χ3n) is 3.84. The maximum absolute atomic E-state index is 12.0. The van der Waals surface area contributed by atoms with Crippen LogP contribution in [-0.2, 0) is 9.47 Å². The first kappa shape index (κ1) is 24.7. The number of hydrogen-bond acceptors (Lipinski definition) is 5. The van der Waals surface area contributed by atoms with Gasteiger partial charge in [-0.05, 0) is 72.7 Å². The van der Waals surface area contributed by atoms with Crippen LogP contribution >= 0.6 is 15.9 Å². The lowest BCUT2D eigenvalue weighted by molar-refractivity contribution is 0.0349. The van der Waals surface area contributed by atoms with Crippen molar-refractivity contribution in [3.63, 3.8) is 0 Å². The molecule has 8 heteroatoms. The Bertz CT molecular complexity index is 1010. The van der Waals surface area contributed by atoms with Crippen molar-refractivity contribution in [3.05, 3.63) is 52.8 Å². The zero-order chi connectivity index (χ0) is 23.4. The minimum absolute atomic E-state index is 0.298. The predicted octanol–water partition coefficient (Wildman–Crippen LogP) is 6.20. The lowest BCUT2D eigenvalue weighted by Crippen LogP contribution is -2.34. The van der Waals surface area contributed by atoms with E-state index in [4.69, 9.17) is 9.47 Å². The molecule has 1 aromatic carbocycles. The molecule has 2 aromatic rings. The average molecular weight is 492 g/mol. The number of carbonyl (C=O) groups excluding carboxylic acids is 2. The van der Waals surface area contributed by atoms with Crippen molar-refractivity contribution in [1.29, 1.82) is 0 Å². The van der Waals surface area contributed by atoms with E-state index in [1.54, 1.807) is 6.20 Å². The fraction of sp³-hybridized carbons (Fsp3) is 0.435. The second-order valence-electron chi connectivity index (χ2n) is 9.04. The molecule has 168 valence electrons. The summed E-state index contributed by atoms with van der Waals surface area (Å²) < 4.78 is 12.8. The molecule has 0 unspecified atom stereocenters. The van der Waals surface area contributed by atoms with Gasteiger partial charge in [-0.25, -0.2) is 9.59 Å². The highest BCUT2D eigenvalue weighted by Crippen LogP contribution is 2.23. The van der Waals surface area contributed by atoms with Gasteiger partial charge in [0, 0.05) is 22.6 Å². The summed E-state index contributed by atoms with van der Waals surface area (Å²) in [6.45, 7) is 13.5. The maximum atomic E-state index is 12.0. The minimum Gasteiger partial charge on any atom is -0.443 e. The molecule has 0 atom stereocenters. The number of benzene rings is 1. The third-order valence-corrected chi connectivity index (χ3v) is 4.33. The summed E-state index contributed by atoms with van der Waals surface area (Å²) in [5.74, 6) is 0. The highest BCUT2D eigenvalue weighted by molar-refractivity contribution is 9.10. The number of fused-ring (bicyclic) bond motifs is 1. The van der Waals surface area contributed by atoms with Gasteiger partial charge in [-0.2, -0.15) is 9.78 Å². The number of rotatable bonds is 0. The van der Waals surface area contributed by atoms with Crippen LogP contribution < -0.4 is 0 Å². The molecule has 0 saturated carbocycles. The van der Waals surface area contributed by atoms with Gasteiger partial charge < -0.3 is 9.47 Å². The van der Waals surface area contributed by atoms with Crippen LogP contribution in [0.4, 0.5) is 9.59 Å². The Labute approximate surface area is 191 Å². The molecule has 7 nitrogen and oxygen atoms in total. The summed E-state index contributed by atoms with van der Waals surface area (Å²) in [5.41, 5.74) is 0.604. The Hall–Kier alpha value is -2.61. The zero-order valence-electron chi connectivity index (χ0n) is 19.1. The summed E-state index contributed by atoms with van der Waals surface area (Å²) in [6.07, 6.45) is 6.59. The van der Waals surface area contributed by atoms with Gasteiger partial charge in [0.1, 0.15) is 11.2 Å². The van der Waals surface area contributed by atoms with Gasteiger partial charge in [0.15, 0.2) is 0 Å². The normalized spacial score (nSPS) is 13.6. The first-order valence-electron chi connectivity index (χ1n) is 9.98. The van der Waals surface area contributed by atoms with Crippen molar-refractivity contribution in [3.8, 4) is 0 Å². The Balaban J connectivity index is 0.000000233. The predicted molar refractivity (Wildman–Crippen MR) is 125 cm³/mol. The summed E-state index contributed by atoms with van der Waals surface area (Å²) >= 11 is 3.41. The fourth-order valence-corrected chi connectivity index (χ4v) is 2.97. The Morgan fingerprint density at radius 2 is 1.61 bits per heavy atom. The molecule has 0 aliphatic carbocycles. The van der Waals surface area contributed by atoms with Crippen molar-refractivity contribution < 1.29 is 19.1 Å². The molecule has 0 saturated heterocycles. The Morgan fingerprint density at radius 1 is 1.00 bits per heavy atom. The van der Waals surface area contributed by atoms with E-state index in [2.05, 4.69) is 21.0 Å². The number of nitrogens with zero attached hydrogens (tertiary/aromatic N) is 3. The molecular formula is C23H30BrN3O4. The number of carbonyl (C=O) groups is 2. The van der Waals surface area contributed by atoms with Crippen molar-refractivity contribution >= 4 is 39.0 Å². The molecule has 0 bridgehead atoms. The SMILES string of the molecule is CC(C)(C)OC(=O)N1C=CC=CC1.Cc1nn(C(=O)OC(C)(C)C)c2ccc(Br)cc12. The number of aromatic nitrogens is 2. The smallest absolute Gasteiger partial charge is 0.435 e. The highest BCUT2D eigenvalue weighted by Gasteiger charge is 2.21. The minimum atomic E-state index is -0.529. The Morgan fingerprint density at radius 3 is 2.16 bits per heavy atom. The van der Waals surface area contributed by atoms with E-state index in [1.165, 1.54) is 9.58 Å². The largest absolute Gasteiger partial charge is 0.443 e. The van der Waals surface area contributed by atoms with Crippen LogP contribution in [0.2, 0.25) is 0 Å². The van der Waals surface area contributed by atoms with E-state index in [0.29, 0.717) is 6.54 Å². The summed E-state index contributed by atoms with van der Waals surface area (Å²) in [5, 5.41) is 5.18. The molecule has 0 N–H and O–H groups in total. The zero-order valence-corrected chi connectivity index (χ0v) is 20.7. The molecule has 0 radical (unpaired) electrons. The third kappa shape index (κ3) is 7.54. The van der Waals surface area contributed by atoms with Gasteiger partial charge in [-0.15, -0.1) is 0 Å². The lowest BCUT2D eigenvalue weighted by Gasteiger charge is -2.25. The number of aryl methyl sites for hydroxylation is 1. The van der Waals surface area contributed by atoms with Crippen LogP contribution in [0.15, 0.2) is 47.1 Å². The van der Waals surface area contributed by atoms with Crippen molar-refractivity contribution in [2.24, 2.45) is 0 Å². The van der Waals surface area contributed by atoms with Gasteiger partial charge >= 0.3 is 12.2 Å². The van der Waals surface area contributed by atoms with E-state index in [1.807, 2.05) is 84.9 Å². The molecule has 1 aliphatic rings. The standard InChI is InChI=1S/C13H15BrN2O2.C10H15NO2/c1-8-10-7-9(14)5-6-11(10)16(15-8)12(17)18-13(2,3)4;1-10(2,3)13-9(12)11-7-5-4-6-8-11/h5-7H,1-4H3;4-7H,8H2,1-3H3. The molecule has 0 spiro atoms. The van der Waals surface area contributed by atoms with E-state index in [9.17, 15) is 9.59 Å². The molecule has 1 aromatic heterocycles. The van der Waals surface area contributed by atoms with Gasteiger partial charge in [0.2, 0.25) is 0 Å². The summed E-state index contributed by atoms with van der Waals surface area (Å²) in [4.78, 5) is 25.0. The van der Waals surface area contributed by atoms with Gasteiger partial charge in [-0.3, -0.25) is 4.90 Å². The molecule has 3 rings (SSSR count). The van der Waals surface area contributed by atoms with Crippen LogP contribution in [0, 0.1) is 6.92 Å². The maximum Gasteiger partial charge on any atom is 0.435 e. The average Bonchev–Trinajstić information content (AvgIpc) is 2.97. The van der Waals surface area contributed by atoms with Crippen LogP contribution in [0.5, 0.6) is 0 Å². The van der Waals surface area contributed by atoms with Crippen molar-refractivity contribution in [1.82, 2.24) is 14.7 Å². The van der Waals surface area contributed by atoms with Gasteiger partial charge in [0.25, 0.3) is 0 Å². The number of halogens is 1. The summed E-state index contributed by atoms with van der Waals surface area (Å²) in [6, 6.07) is 5.67. The van der Waals surface area contributed by atoms with Gasteiger partial charge in [-0.1, -0.05) is 28.1 Å². The molecule has 1 aliphatic heterocycles. The van der Waals surface area contributed by atoms with Crippen LogP contribution in [0.25, 0.3) is 10.9 Å². The van der Waals surface area contributed by atoms with E-state index in [-0.39, 0.29) is 6.09 Å². The second kappa shape index (κ2) is 9.68. The molecule has 2 heterocycles. The van der Waals surface area contributed by atoms with Crippen LogP contribution in [0.1, 0.15) is 47.2 Å². The first-order valence-corrected chi connectivity index (χ1v) is 10.8. The lowest BCUT2D eigenvalue weighted by atomic mass is 10.2. The molecule has 31 heavy (non-hydrogen) atoms. The quantitative estimate of drug-likeness (QED) is 0.438. The Kier molecular flexibility index (Phi) is 7.70. The highest BCUT2D eigenvalue weighted by atomic mass is 79.9. The fourth-order valence-electron chi connectivity index (χ4n) is 2.61. The summed E-state index contributed by atoms with van der Waals surface area (Å²) in [7, 11) is 0. The molecular weight excluding hydrogens is 462 g/mol. The topological polar surface area (TPSA) is 73.7 Å². The first-order chi connectivity index (χ1) is 14.3. The van der Waals surface area contributed by atoms with E-state index in [0.717, 1.165) is 21.1 Å².